The van der Waals surface area contributed by atoms with Crippen LogP contribution in [0.1, 0.15) is 5.56 Å². The van der Waals surface area contributed by atoms with Gasteiger partial charge in [-0.05, 0) is 36.8 Å². The molecule has 1 N–H and O–H groups in total. The number of anilines is 1. The molecule has 0 saturated heterocycles. The Balaban J connectivity index is 1.75. The zero-order valence-corrected chi connectivity index (χ0v) is 16.5. The quantitative estimate of drug-likeness (QED) is 0.548. The lowest BCUT2D eigenvalue weighted by molar-refractivity contribution is -0.118. The Hall–Kier alpha value is -2.02. The number of benzene rings is 2. The molecule has 3 aromatic rings. The van der Waals surface area contributed by atoms with Gasteiger partial charge in [-0.2, -0.15) is 0 Å². The van der Waals surface area contributed by atoms with E-state index in [0.717, 1.165) is 10.0 Å². The van der Waals surface area contributed by atoms with Crippen molar-refractivity contribution in [2.45, 2.75) is 6.92 Å². The van der Waals surface area contributed by atoms with Gasteiger partial charge in [-0.3, -0.25) is 4.79 Å². The van der Waals surface area contributed by atoms with Gasteiger partial charge in [0.05, 0.1) is 15.7 Å². The van der Waals surface area contributed by atoms with E-state index in [-0.39, 0.29) is 12.4 Å². The first-order valence-electron chi connectivity index (χ1n) is 7.45. The third-order valence-electron chi connectivity index (χ3n) is 3.57. The molecule has 1 amide bonds. The van der Waals surface area contributed by atoms with Gasteiger partial charge >= 0.3 is 5.63 Å². The van der Waals surface area contributed by atoms with E-state index in [9.17, 15) is 9.59 Å². The fourth-order valence-corrected chi connectivity index (χ4v) is 3.29. The van der Waals surface area contributed by atoms with Crippen LogP contribution in [0.4, 0.5) is 5.69 Å². The van der Waals surface area contributed by atoms with Gasteiger partial charge in [0.15, 0.2) is 6.61 Å². The molecule has 26 heavy (non-hydrogen) atoms. The van der Waals surface area contributed by atoms with Crippen LogP contribution in [0.15, 0.2) is 50.1 Å². The monoisotopic (exact) mass is 455 g/mol. The number of amides is 1. The normalized spacial score (nSPS) is 10.8. The first-order chi connectivity index (χ1) is 12.3. The van der Waals surface area contributed by atoms with Gasteiger partial charge in [0.1, 0.15) is 11.3 Å². The summed E-state index contributed by atoms with van der Waals surface area (Å²) >= 11 is 15.6. The lowest BCUT2D eigenvalue weighted by Crippen LogP contribution is -2.20. The molecule has 8 heteroatoms. The molecule has 5 nitrogen and oxygen atoms in total. The van der Waals surface area contributed by atoms with E-state index in [1.165, 1.54) is 12.1 Å². The van der Waals surface area contributed by atoms with Crippen LogP contribution in [0.2, 0.25) is 10.0 Å². The van der Waals surface area contributed by atoms with Gasteiger partial charge < -0.3 is 14.5 Å². The summed E-state index contributed by atoms with van der Waals surface area (Å²) in [4.78, 5) is 23.6. The minimum Gasteiger partial charge on any atom is -0.482 e. The Bertz CT molecular complexity index is 1060. The highest BCUT2D eigenvalue weighted by molar-refractivity contribution is 9.10. The number of carbonyl (C=O) groups is 1. The smallest absolute Gasteiger partial charge is 0.336 e. The van der Waals surface area contributed by atoms with E-state index in [1.54, 1.807) is 31.2 Å². The predicted octanol–water partition coefficient (Wildman–Crippen LogP) is 5.19. The number of ether oxygens (including phenoxy) is 1. The van der Waals surface area contributed by atoms with Crippen LogP contribution < -0.4 is 15.7 Å². The summed E-state index contributed by atoms with van der Waals surface area (Å²) in [5.74, 6) is -0.166. The fourth-order valence-electron chi connectivity index (χ4n) is 2.35. The molecule has 1 aromatic heterocycles. The second-order valence-corrected chi connectivity index (χ2v) is 7.22. The zero-order valence-electron chi connectivity index (χ0n) is 13.4. The van der Waals surface area contributed by atoms with E-state index in [4.69, 9.17) is 32.4 Å². The topological polar surface area (TPSA) is 68.5 Å². The first-order valence-corrected chi connectivity index (χ1v) is 9.00. The number of halogens is 3. The molecule has 0 aliphatic heterocycles. The van der Waals surface area contributed by atoms with Gasteiger partial charge in [0, 0.05) is 22.0 Å². The third-order valence-corrected chi connectivity index (χ3v) is 4.67. The molecular formula is C18H12BrCl2NO4. The second kappa shape index (κ2) is 7.70. The third kappa shape index (κ3) is 4.20. The number of carbonyl (C=O) groups excluding carboxylic acids is 1. The molecule has 0 aliphatic rings. The van der Waals surface area contributed by atoms with Crippen molar-refractivity contribution >= 4 is 61.7 Å². The standard InChI is InChI=1S/C18H12BrCl2NO4/c1-9-4-18(24)26-15-7-16(13(21)6-11(9)15)25-8-17(23)22-14-3-2-10(19)5-12(14)20/h2-7H,8H2,1H3,(H,22,23). The van der Waals surface area contributed by atoms with Crippen LogP contribution in [0.3, 0.4) is 0 Å². The van der Waals surface area contributed by atoms with Crippen molar-refractivity contribution in [1.29, 1.82) is 0 Å². The molecule has 0 unspecified atom stereocenters. The summed E-state index contributed by atoms with van der Waals surface area (Å²) in [5, 5.41) is 4.06. The minimum atomic E-state index is -0.467. The molecular weight excluding hydrogens is 445 g/mol. The molecule has 1 heterocycles. The van der Waals surface area contributed by atoms with Crippen LogP contribution in [-0.4, -0.2) is 12.5 Å². The van der Waals surface area contributed by atoms with Crippen molar-refractivity contribution < 1.29 is 13.9 Å². The number of fused-ring (bicyclic) bond motifs is 1. The van der Waals surface area contributed by atoms with Gasteiger partial charge in [-0.25, -0.2) is 4.79 Å². The summed E-state index contributed by atoms with van der Waals surface area (Å²) in [6, 6.07) is 9.61. The molecule has 3 rings (SSSR count). The molecule has 0 spiro atoms. The summed E-state index contributed by atoms with van der Waals surface area (Å²) in [6.45, 7) is 1.50. The highest BCUT2D eigenvalue weighted by Crippen LogP contribution is 2.31. The maximum Gasteiger partial charge on any atom is 0.336 e. The largest absolute Gasteiger partial charge is 0.482 e. The van der Waals surface area contributed by atoms with Gasteiger partial charge in [0.25, 0.3) is 5.91 Å². The lowest BCUT2D eigenvalue weighted by atomic mass is 10.1. The molecule has 0 aliphatic carbocycles. The molecule has 0 atom stereocenters. The van der Waals surface area contributed by atoms with Gasteiger partial charge in [-0.1, -0.05) is 39.1 Å². The lowest BCUT2D eigenvalue weighted by Gasteiger charge is -2.11. The maximum absolute atomic E-state index is 12.1. The van der Waals surface area contributed by atoms with Crippen LogP contribution in [0.25, 0.3) is 11.0 Å². The summed E-state index contributed by atoms with van der Waals surface area (Å²) in [6.07, 6.45) is 0. The number of nitrogens with one attached hydrogen (secondary N) is 1. The number of hydrogen-bond acceptors (Lipinski definition) is 4. The summed E-state index contributed by atoms with van der Waals surface area (Å²) in [7, 11) is 0. The average Bonchev–Trinajstić information content (AvgIpc) is 2.56. The first kappa shape index (κ1) is 18.8. The zero-order chi connectivity index (χ0) is 18.8. The summed E-state index contributed by atoms with van der Waals surface area (Å²) < 4.78 is 11.4. The SMILES string of the molecule is Cc1cc(=O)oc2cc(OCC(=O)Nc3ccc(Br)cc3Cl)c(Cl)cc12. The summed E-state index contributed by atoms with van der Waals surface area (Å²) in [5.41, 5.74) is 1.08. The maximum atomic E-state index is 12.1. The minimum absolute atomic E-state index is 0.241. The van der Waals surface area contributed by atoms with Crippen molar-refractivity contribution in [3.8, 4) is 5.75 Å². The predicted molar refractivity (Wildman–Crippen MR) is 106 cm³/mol. The van der Waals surface area contributed by atoms with Crippen molar-refractivity contribution in [2.24, 2.45) is 0 Å². The van der Waals surface area contributed by atoms with Gasteiger partial charge in [0.2, 0.25) is 0 Å². The number of rotatable bonds is 4. The molecule has 0 radical (unpaired) electrons. The average molecular weight is 457 g/mol. The van der Waals surface area contributed by atoms with Crippen molar-refractivity contribution in [2.75, 3.05) is 11.9 Å². The van der Waals surface area contributed by atoms with Crippen LogP contribution in [0, 0.1) is 6.92 Å². The Labute approximate surface area is 167 Å². The second-order valence-electron chi connectivity index (χ2n) is 5.49. The molecule has 0 bridgehead atoms. The van der Waals surface area contributed by atoms with E-state index in [2.05, 4.69) is 21.2 Å². The van der Waals surface area contributed by atoms with E-state index >= 15 is 0 Å². The van der Waals surface area contributed by atoms with Crippen LogP contribution in [0.5, 0.6) is 5.75 Å². The molecule has 0 fully saturated rings. The van der Waals surface area contributed by atoms with Crippen molar-refractivity contribution in [1.82, 2.24) is 0 Å². The van der Waals surface area contributed by atoms with E-state index in [1.807, 2.05) is 0 Å². The van der Waals surface area contributed by atoms with Crippen molar-refractivity contribution in [3.63, 3.8) is 0 Å². The highest BCUT2D eigenvalue weighted by atomic mass is 79.9. The Morgan fingerprint density at radius 1 is 1.19 bits per heavy atom. The highest BCUT2D eigenvalue weighted by Gasteiger charge is 2.12. The van der Waals surface area contributed by atoms with Crippen LogP contribution >= 0.6 is 39.1 Å². The van der Waals surface area contributed by atoms with E-state index < -0.39 is 11.5 Å². The Morgan fingerprint density at radius 2 is 1.96 bits per heavy atom. The van der Waals surface area contributed by atoms with Gasteiger partial charge in [-0.15, -0.1) is 0 Å². The molecule has 2 aromatic carbocycles. The van der Waals surface area contributed by atoms with Crippen molar-refractivity contribution in [3.05, 3.63) is 66.9 Å². The Kier molecular flexibility index (Phi) is 5.55. The molecule has 0 saturated carbocycles. The fraction of sp³-hybridized carbons (Fsp3) is 0.111. The van der Waals surface area contributed by atoms with Crippen LogP contribution in [-0.2, 0) is 4.79 Å². The number of hydrogen-bond donors (Lipinski definition) is 1. The number of aryl methyl sites for hydroxylation is 1. The molecule has 134 valence electrons. The van der Waals surface area contributed by atoms with E-state index in [0.29, 0.717) is 26.7 Å². The Morgan fingerprint density at radius 3 is 2.69 bits per heavy atom.